The number of carbonyl (C=O) groups excluding carboxylic acids is 2. The van der Waals surface area contributed by atoms with Crippen molar-refractivity contribution in [2.75, 3.05) is 18.1 Å². The number of anilines is 1. The molecule has 1 heterocycles. The average molecular weight is 360 g/mol. The normalized spacial score (nSPS) is 10.3. The van der Waals surface area contributed by atoms with Gasteiger partial charge in [-0.25, -0.2) is 4.98 Å². The van der Waals surface area contributed by atoms with Crippen molar-refractivity contribution in [3.8, 4) is 0 Å². The van der Waals surface area contributed by atoms with Gasteiger partial charge in [-0.3, -0.25) is 14.4 Å². The van der Waals surface area contributed by atoms with E-state index in [1.165, 1.54) is 17.8 Å². The van der Waals surface area contributed by atoms with Crippen LogP contribution in [0.1, 0.15) is 29.4 Å². The van der Waals surface area contributed by atoms with Crippen LogP contribution in [0.5, 0.6) is 0 Å². The van der Waals surface area contributed by atoms with Crippen molar-refractivity contribution in [1.82, 2.24) is 15.3 Å². The first-order chi connectivity index (χ1) is 12.0. The van der Waals surface area contributed by atoms with Gasteiger partial charge in [-0.1, -0.05) is 25.1 Å². The predicted octanol–water partition coefficient (Wildman–Crippen LogP) is 1.81. The second-order valence-electron chi connectivity index (χ2n) is 5.29. The predicted molar refractivity (Wildman–Crippen MR) is 98.0 cm³/mol. The number of rotatable bonds is 7. The van der Waals surface area contributed by atoms with Crippen molar-refractivity contribution in [3.63, 3.8) is 0 Å². The van der Waals surface area contributed by atoms with E-state index >= 15 is 0 Å². The number of aryl methyl sites for hydroxylation is 1. The maximum atomic E-state index is 12.0. The van der Waals surface area contributed by atoms with E-state index in [-0.39, 0.29) is 23.1 Å². The zero-order valence-electron chi connectivity index (χ0n) is 14.1. The number of hydrogen-bond acceptors (Lipinski definition) is 5. The summed E-state index contributed by atoms with van der Waals surface area (Å²) >= 11 is 1.17. The molecule has 0 aliphatic heterocycles. The molecule has 0 spiro atoms. The van der Waals surface area contributed by atoms with Crippen LogP contribution >= 0.6 is 11.8 Å². The molecule has 2 amide bonds. The molecule has 0 radical (unpaired) electrons. The zero-order chi connectivity index (χ0) is 18.2. The zero-order valence-corrected chi connectivity index (χ0v) is 14.9. The van der Waals surface area contributed by atoms with E-state index in [9.17, 15) is 14.4 Å². The van der Waals surface area contributed by atoms with E-state index in [0.717, 1.165) is 18.5 Å². The number of aromatic nitrogens is 2. The molecule has 0 fully saturated rings. The van der Waals surface area contributed by atoms with Gasteiger partial charge in [0.1, 0.15) is 0 Å². The fraction of sp³-hybridized carbons (Fsp3) is 0.294. The van der Waals surface area contributed by atoms with Crippen LogP contribution < -0.4 is 16.2 Å². The van der Waals surface area contributed by atoms with Crippen molar-refractivity contribution < 1.29 is 9.59 Å². The average Bonchev–Trinajstić information content (AvgIpc) is 2.60. The van der Waals surface area contributed by atoms with Crippen molar-refractivity contribution in [1.29, 1.82) is 0 Å². The molecule has 132 valence electrons. The van der Waals surface area contributed by atoms with Gasteiger partial charge < -0.3 is 15.6 Å². The first-order valence-corrected chi connectivity index (χ1v) is 8.85. The number of thioether (sulfide) groups is 1. The topological polar surface area (TPSA) is 104 Å². The molecule has 3 N–H and O–H groups in total. The number of benzene rings is 1. The van der Waals surface area contributed by atoms with E-state index in [1.54, 1.807) is 31.3 Å². The van der Waals surface area contributed by atoms with Crippen LogP contribution in [-0.4, -0.2) is 34.6 Å². The molecule has 0 unspecified atom stereocenters. The van der Waals surface area contributed by atoms with Crippen LogP contribution in [0.25, 0.3) is 0 Å². The summed E-state index contributed by atoms with van der Waals surface area (Å²) in [6, 6.07) is 8.07. The van der Waals surface area contributed by atoms with E-state index in [2.05, 4.69) is 20.6 Å². The number of nitrogens with one attached hydrogen (secondary N) is 3. The molecule has 0 bridgehead atoms. The first-order valence-electron chi connectivity index (χ1n) is 7.87. The number of H-pyrrole nitrogens is 1. The Bertz CT molecular complexity index is 802. The highest BCUT2D eigenvalue weighted by molar-refractivity contribution is 7.99. The summed E-state index contributed by atoms with van der Waals surface area (Å²) in [7, 11) is 1.56. The minimum absolute atomic E-state index is 0.121. The summed E-state index contributed by atoms with van der Waals surface area (Å²) in [5, 5.41) is 5.70. The molecular formula is C17H20N4O3S. The van der Waals surface area contributed by atoms with Crippen LogP contribution in [0, 0.1) is 0 Å². The Kier molecular flexibility index (Phi) is 6.76. The molecule has 7 nitrogen and oxygen atoms in total. The Morgan fingerprint density at radius 1 is 1.24 bits per heavy atom. The largest absolute Gasteiger partial charge is 0.355 e. The molecule has 2 rings (SSSR count). The van der Waals surface area contributed by atoms with Crippen molar-refractivity contribution >= 4 is 29.3 Å². The third kappa shape index (κ3) is 5.75. The molecule has 1 aromatic heterocycles. The highest BCUT2D eigenvalue weighted by Crippen LogP contribution is 2.14. The number of carbonyl (C=O) groups is 2. The molecule has 8 heteroatoms. The number of amides is 2. The van der Waals surface area contributed by atoms with Crippen molar-refractivity contribution in [3.05, 3.63) is 51.9 Å². The van der Waals surface area contributed by atoms with Gasteiger partial charge in [0.25, 0.3) is 11.5 Å². The second-order valence-corrected chi connectivity index (χ2v) is 6.25. The lowest BCUT2D eigenvalue weighted by molar-refractivity contribution is -0.113. The molecule has 2 aromatic rings. The Labute approximate surface area is 149 Å². The van der Waals surface area contributed by atoms with Crippen LogP contribution in [0.2, 0.25) is 0 Å². The van der Waals surface area contributed by atoms with Crippen LogP contribution in [0.15, 0.2) is 40.3 Å². The molecule has 0 atom stereocenters. The molecule has 0 aliphatic rings. The van der Waals surface area contributed by atoms with Gasteiger partial charge in [-0.2, -0.15) is 0 Å². The summed E-state index contributed by atoms with van der Waals surface area (Å²) in [5.74, 6) is -0.285. The minimum atomic E-state index is -0.221. The number of nitrogens with zero attached hydrogens (tertiary/aromatic N) is 1. The van der Waals surface area contributed by atoms with Gasteiger partial charge in [-0.05, 0) is 30.7 Å². The summed E-state index contributed by atoms with van der Waals surface area (Å²) < 4.78 is 0. The van der Waals surface area contributed by atoms with Gasteiger partial charge in [0, 0.05) is 30.1 Å². The van der Waals surface area contributed by atoms with Crippen LogP contribution in [0.4, 0.5) is 5.69 Å². The van der Waals surface area contributed by atoms with Gasteiger partial charge in [0.05, 0.1) is 5.75 Å². The lowest BCUT2D eigenvalue weighted by Crippen LogP contribution is -2.18. The van der Waals surface area contributed by atoms with Crippen molar-refractivity contribution in [2.45, 2.75) is 24.9 Å². The van der Waals surface area contributed by atoms with Gasteiger partial charge >= 0.3 is 0 Å². The highest BCUT2D eigenvalue weighted by Gasteiger charge is 2.08. The van der Waals surface area contributed by atoms with Crippen LogP contribution in [-0.2, 0) is 11.2 Å². The van der Waals surface area contributed by atoms with Gasteiger partial charge in [0.2, 0.25) is 5.91 Å². The fourth-order valence-corrected chi connectivity index (χ4v) is 2.81. The second kappa shape index (κ2) is 9.03. The molecule has 0 aliphatic carbocycles. The third-order valence-corrected chi connectivity index (χ3v) is 4.15. The third-order valence-electron chi connectivity index (χ3n) is 3.28. The first kappa shape index (κ1) is 18.7. The Morgan fingerprint density at radius 3 is 2.60 bits per heavy atom. The van der Waals surface area contributed by atoms with Gasteiger partial charge in [-0.15, -0.1) is 0 Å². The summed E-state index contributed by atoms with van der Waals surface area (Å²) in [6.07, 6.45) is 1.62. The molecule has 0 saturated heterocycles. The van der Waals surface area contributed by atoms with Crippen LogP contribution in [0.3, 0.4) is 0 Å². The number of aromatic amines is 1. The maximum Gasteiger partial charge on any atom is 0.251 e. The monoisotopic (exact) mass is 360 g/mol. The smallest absolute Gasteiger partial charge is 0.251 e. The lowest BCUT2D eigenvalue weighted by Gasteiger charge is -2.06. The lowest BCUT2D eigenvalue weighted by atomic mass is 10.2. The number of hydrogen-bond donors (Lipinski definition) is 3. The molecule has 1 aromatic carbocycles. The summed E-state index contributed by atoms with van der Waals surface area (Å²) in [5.41, 5.74) is 1.62. The maximum absolute atomic E-state index is 12.0. The van der Waals surface area contributed by atoms with Crippen molar-refractivity contribution in [2.24, 2.45) is 0 Å². The Balaban J connectivity index is 1.92. The molecule has 25 heavy (non-hydrogen) atoms. The Hall–Kier alpha value is -2.61. The standard InChI is InChI=1S/C17H20N4O3S/c1-3-4-13-9-14(22)21-17(20-13)25-10-15(23)19-12-7-5-11(6-8-12)16(24)18-2/h5-9H,3-4,10H2,1-2H3,(H,18,24)(H,19,23)(H,20,21,22). The van der Waals surface area contributed by atoms with E-state index in [1.807, 2.05) is 6.92 Å². The Morgan fingerprint density at radius 2 is 1.96 bits per heavy atom. The molecular weight excluding hydrogens is 340 g/mol. The van der Waals surface area contributed by atoms with E-state index < -0.39 is 0 Å². The quantitative estimate of drug-likeness (QED) is 0.516. The van der Waals surface area contributed by atoms with E-state index in [4.69, 9.17) is 0 Å². The van der Waals surface area contributed by atoms with E-state index in [0.29, 0.717) is 16.4 Å². The molecule has 0 saturated carbocycles. The van der Waals surface area contributed by atoms with Gasteiger partial charge in [0.15, 0.2) is 5.16 Å². The summed E-state index contributed by atoms with van der Waals surface area (Å²) in [6.45, 7) is 2.01. The fourth-order valence-electron chi connectivity index (χ4n) is 2.12. The summed E-state index contributed by atoms with van der Waals surface area (Å²) in [4.78, 5) is 42.0. The SMILES string of the molecule is CCCc1cc(=O)[nH]c(SCC(=O)Nc2ccc(C(=O)NC)cc2)n1. The highest BCUT2D eigenvalue weighted by atomic mass is 32.2. The minimum Gasteiger partial charge on any atom is -0.355 e.